The van der Waals surface area contributed by atoms with Crippen molar-refractivity contribution in [3.05, 3.63) is 88.5 Å². The first kappa shape index (κ1) is 22.3. The Balaban J connectivity index is 1.58. The minimum atomic E-state index is -4.82. The number of hydrogen-bond acceptors (Lipinski definition) is 1. The zero-order valence-corrected chi connectivity index (χ0v) is 17.6. The summed E-state index contributed by atoms with van der Waals surface area (Å²) in [5, 5.41) is 0. The molecule has 168 valence electrons. The van der Waals surface area contributed by atoms with Crippen molar-refractivity contribution in [2.75, 3.05) is 0 Å². The highest BCUT2D eigenvalue weighted by Gasteiger charge is 2.31. The number of alkyl halides is 3. The van der Waals surface area contributed by atoms with Gasteiger partial charge >= 0.3 is 6.36 Å². The van der Waals surface area contributed by atoms with Crippen molar-refractivity contribution in [3.63, 3.8) is 0 Å². The Morgan fingerprint density at radius 1 is 0.969 bits per heavy atom. The van der Waals surface area contributed by atoms with Crippen molar-refractivity contribution in [2.45, 2.75) is 51.3 Å². The third kappa shape index (κ3) is 4.79. The normalized spacial score (nSPS) is 16.0. The van der Waals surface area contributed by atoms with Gasteiger partial charge in [-0.3, -0.25) is 0 Å². The summed E-state index contributed by atoms with van der Waals surface area (Å²) >= 11 is 0. The van der Waals surface area contributed by atoms with E-state index in [0.717, 1.165) is 31.4 Å². The van der Waals surface area contributed by atoms with E-state index >= 15 is 4.39 Å². The lowest BCUT2D eigenvalue weighted by Crippen LogP contribution is -2.17. The molecular formula is C26H23F5O. The fraction of sp³-hybridized carbons (Fsp3) is 0.308. The molecule has 1 nitrogen and oxygen atoms in total. The molecule has 1 unspecified atom stereocenters. The number of hydrogen-bond donors (Lipinski definition) is 0. The average Bonchev–Trinajstić information content (AvgIpc) is 2.74. The van der Waals surface area contributed by atoms with Crippen LogP contribution in [-0.2, 0) is 19.3 Å². The van der Waals surface area contributed by atoms with Crippen molar-refractivity contribution in [2.24, 2.45) is 0 Å². The Morgan fingerprint density at radius 3 is 2.28 bits per heavy atom. The molecule has 3 aromatic rings. The number of aryl methyl sites for hydroxylation is 1. The van der Waals surface area contributed by atoms with Crippen LogP contribution in [0.15, 0.2) is 54.6 Å². The summed E-state index contributed by atoms with van der Waals surface area (Å²) in [6.45, 7) is 2.13. The minimum Gasteiger partial charge on any atom is -0.406 e. The molecule has 0 bridgehead atoms. The highest BCUT2D eigenvalue weighted by atomic mass is 19.4. The lowest BCUT2D eigenvalue weighted by atomic mass is 9.78. The van der Waals surface area contributed by atoms with E-state index in [9.17, 15) is 17.6 Å². The second kappa shape index (κ2) is 8.93. The number of rotatable bonds is 5. The van der Waals surface area contributed by atoms with Crippen molar-refractivity contribution in [1.82, 2.24) is 0 Å². The van der Waals surface area contributed by atoms with Gasteiger partial charge in [0.05, 0.1) is 5.56 Å². The van der Waals surface area contributed by atoms with Crippen molar-refractivity contribution in [1.29, 1.82) is 0 Å². The Kier molecular flexibility index (Phi) is 6.22. The van der Waals surface area contributed by atoms with Crippen LogP contribution in [0.25, 0.3) is 11.1 Å². The van der Waals surface area contributed by atoms with Gasteiger partial charge in [0, 0.05) is 0 Å². The molecule has 0 heterocycles. The molecule has 1 aliphatic rings. The maximum Gasteiger partial charge on any atom is 0.573 e. The van der Waals surface area contributed by atoms with Crippen LogP contribution in [0, 0.1) is 11.6 Å². The zero-order chi connectivity index (χ0) is 22.9. The van der Waals surface area contributed by atoms with Gasteiger partial charge in [0.15, 0.2) is 0 Å². The first-order valence-corrected chi connectivity index (χ1v) is 10.7. The van der Waals surface area contributed by atoms with Gasteiger partial charge in [-0.15, -0.1) is 13.2 Å². The minimum absolute atomic E-state index is 0.172. The van der Waals surface area contributed by atoms with Gasteiger partial charge in [-0.05, 0) is 77.6 Å². The highest BCUT2D eigenvalue weighted by Crippen LogP contribution is 2.39. The van der Waals surface area contributed by atoms with E-state index < -0.39 is 23.7 Å². The van der Waals surface area contributed by atoms with Gasteiger partial charge in [0.25, 0.3) is 0 Å². The molecule has 0 fully saturated rings. The number of halogens is 5. The zero-order valence-electron chi connectivity index (χ0n) is 17.6. The van der Waals surface area contributed by atoms with Gasteiger partial charge in [0.2, 0.25) is 0 Å². The number of fused-ring (bicyclic) bond motifs is 1. The summed E-state index contributed by atoms with van der Waals surface area (Å²) in [4.78, 5) is 0. The molecule has 0 spiro atoms. The van der Waals surface area contributed by atoms with E-state index in [1.807, 2.05) is 0 Å². The first-order chi connectivity index (χ1) is 15.2. The van der Waals surface area contributed by atoms with E-state index in [-0.39, 0.29) is 17.0 Å². The molecule has 0 N–H and O–H groups in total. The van der Waals surface area contributed by atoms with Crippen LogP contribution >= 0.6 is 0 Å². The van der Waals surface area contributed by atoms with E-state index in [1.165, 1.54) is 29.3 Å². The Morgan fingerprint density at radius 2 is 1.66 bits per heavy atom. The van der Waals surface area contributed by atoms with E-state index in [0.29, 0.717) is 24.0 Å². The van der Waals surface area contributed by atoms with E-state index in [2.05, 4.69) is 35.9 Å². The summed E-state index contributed by atoms with van der Waals surface area (Å²) < 4.78 is 71.1. The van der Waals surface area contributed by atoms with E-state index in [4.69, 9.17) is 0 Å². The predicted octanol–water partition coefficient (Wildman–Crippen LogP) is 7.76. The van der Waals surface area contributed by atoms with Crippen LogP contribution in [0.5, 0.6) is 5.75 Å². The summed E-state index contributed by atoms with van der Waals surface area (Å²) in [6, 6.07) is 14.4. The molecule has 0 saturated heterocycles. The second-order valence-electron chi connectivity index (χ2n) is 8.19. The SMILES string of the molecule is CCCc1ccc(C2CCc3c(cc(F)c(-c4ccc(OC(F)(F)F)cc4)c3F)C2)cc1. The van der Waals surface area contributed by atoms with Gasteiger partial charge in [0.1, 0.15) is 17.4 Å². The number of benzene rings is 3. The molecule has 0 saturated carbocycles. The molecule has 1 aliphatic carbocycles. The standard InChI is InChI=1S/C26H23F5O/c1-2-3-16-4-6-17(7-5-16)19-10-13-22-20(14-19)15-23(27)24(25(22)28)18-8-11-21(12-9-18)32-26(29,30)31/h4-9,11-12,15,19H,2-3,10,13-14H2,1H3. The van der Waals surface area contributed by atoms with Crippen molar-refractivity contribution < 1.29 is 26.7 Å². The highest BCUT2D eigenvalue weighted by molar-refractivity contribution is 5.67. The van der Waals surface area contributed by atoms with Crippen LogP contribution in [0.3, 0.4) is 0 Å². The average molecular weight is 446 g/mol. The van der Waals surface area contributed by atoms with Crippen LogP contribution < -0.4 is 4.74 Å². The molecule has 32 heavy (non-hydrogen) atoms. The Hall–Kier alpha value is -2.89. The molecule has 3 aromatic carbocycles. The topological polar surface area (TPSA) is 9.23 Å². The summed E-state index contributed by atoms with van der Waals surface area (Å²) in [5.41, 5.74) is 3.53. The molecule has 4 rings (SSSR count). The Labute approximate surface area is 183 Å². The second-order valence-corrected chi connectivity index (χ2v) is 8.19. The van der Waals surface area contributed by atoms with Gasteiger partial charge in [-0.2, -0.15) is 0 Å². The fourth-order valence-electron chi connectivity index (χ4n) is 4.47. The summed E-state index contributed by atoms with van der Waals surface area (Å²) in [7, 11) is 0. The third-order valence-electron chi connectivity index (χ3n) is 5.99. The summed E-state index contributed by atoms with van der Waals surface area (Å²) in [5.74, 6) is -1.60. The molecule has 0 radical (unpaired) electrons. The molecule has 0 aliphatic heterocycles. The van der Waals surface area contributed by atoms with Crippen molar-refractivity contribution in [3.8, 4) is 16.9 Å². The van der Waals surface area contributed by atoms with Crippen LogP contribution in [-0.4, -0.2) is 6.36 Å². The molecule has 1 atom stereocenters. The molecule has 0 aromatic heterocycles. The third-order valence-corrected chi connectivity index (χ3v) is 5.99. The van der Waals surface area contributed by atoms with Gasteiger partial charge < -0.3 is 4.74 Å². The van der Waals surface area contributed by atoms with Crippen molar-refractivity contribution >= 4 is 0 Å². The lowest BCUT2D eigenvalue weighted by Gasteiger charge is -2.26. The lowest BCUT2D eigenvalue weighted by molar-refractivity contribution is -0.274. The van der Waals surface area contributed by atoms with Gasteiger partial charge in [-0.25, -0.2) is 8.78 Å². The molecule has 6 heteroatoms. The smallest absolute Gasteiger partial charge is 0.406 e. The van der Waals surface area contributed by atoms with E-state index in [1.54, 1.807) is 0 Å². The quantitative estimate of drug-likeness (QED) is 0.364. The Bertz CT molecular complexity index is 1090. The molecule has 0 amide bonds. The largest absolute Gasteiger partial charge is 0.573 e. The predicted molar refractivity (Wildman–Crippen MR) is 114 cm³/mol. The van der Waals surface area contributed by atoms with Crippen LogP contribution in [0.1, 0.15) is 47.9 Å². The summed E-state index contributed by atoms with van der Waals surface area (Å²) in [6.07, 6.45) is -0.942. The number of ether oxygens (including phenoxy) is 1. The monoisotopic (exact) mass is 446 g/mol. The maximum absolute atomic E-state index is 15.3. The first-order valence-electron chi connectivity index (χ1n) is 10.7. The van der Waals surface area contributed by atoms with Crippen LogP contribution in [0.4, 0.5) is 22.0 Å². The van der Waals surface area contributed by atoms with Crippen LogP contribution in [0.2, 0.25) is 0 Å². The fourth-order valence-corrected chi connectivity index (χ4v) is 4.47. The molecular weight excluding hydrogens is 423 g/mol. The maximum atomic E-state index is 15.3. The van der Waals surface area contributed by atoms with Gasteiger partial charge in [-0.1, -0.05) is 49.7 Å².